The third-order valence-corrected chi connectivity index (χ3v) is 2.77. The topological polar surface area (TPSA) is 96.9 Å². The fourth-order valence-electron chi connectivity index (χ4n) is 1.45. The van der Waals surface area contributed by atoms with Gasteiger partial charge in [-0.25, -0.2) is 4.98 Å². The average Bonchev–Trinajstić information content (AvgIpc) is 2.82. The molecule has 0 atom stereocenters. The van der Waals surface area contributed by atoms with Crippen LogP contribution in [0.3, 0.4) is 0 Å². The first-order chi connectivity index (χ1) is 9.06. The molecule has 0 fully saturated rings. The number of rotatable bonds is 4. The lowest BCUT2D eigenvalue weighted by Crippen LogP contribution is -2.39. The van der Waals surface area contributed by atoms with E-state index in [0.717, 1.165) is 11.7 Å². The third kappa shape index (κ3) is 3.44. The smallest absolute Gasteiger partial charge is 0.253 e. The van der Waals surface area contributed by atoms with Crippen LogP contribution in [0.2, 0.25) is 0 Å². The third-order valence-electron chi connectivity index (χ3n) is 2.24. The Labute approximate surface area is 113 Å². The fourth-order valence-corrected chi connectivity index (χ4v) is 1.93. The molecule has 0 aliphatic heterocycles. The molecule has 2 heterocycles. The van der Waals surface area contributed by atoms with Crippen molar-refractivity contribution in [2.75, 3.05) is 6.54 Å². The molecule has 2 N–H and O–H groups in total. The monoisotopic (exact) mass is 279 g/mol. The lowest BCUT2D eigenvalue weighted by molar-refractivity contribution is -0.120. The molecule has 19 heavy (non-hydrogen) atoms. The first-order valence-corrected chi connectivity index (χ1v) is 6.45. The number of carbonyl (C=O) groups excluding carboxylic acids is 2. The van der Waals surface area contributed by atoms with Crippen molar-refractivity contribution >= 4 is 34.7 Å². The van der Waals surface area contributed by atoms with E-state index in [-0.39, 0.29) is 24.4 Å². The van der Waals surface area contributed by atoms with E-state index in [1.807, 2.05) is 13.8 Å². The molecule has 0 aliphatic carbocycles. The Morgan fingerprint density at radius 2 is 2.16 bits per heavy atom. The summed E-state index contributed by atoms with van der Waals surface area (Å²) in [6, 6.07) is 1.64. The quantitative estimate of drug-likeness (QED) is 0.841. The summed E-state index contributed by atoms with van der Waals surface area (Å²) in [5, 5.41) is 5.21. The first kappa shape index (κ1) is 13.3. The Morgan fingerprint density at radius 3 is 2.89 bits per heavy atom. The lowest BCUT2D eigenvalue weighted by atomic mass is 10.2. The van der Waals surface area contributed by atoms with E-state index in [4.69, 9.17) is 0 Å². The van der Waals surface area contributed by atoms with Crippen LogP contribution in [0.4, 0.5) is 0 Å². The van der Waals surface area contributed by atoms with Gasteiger partial charge in [0.15, 0.2) is 5.65 Å². The van der Waals surface area contributed by atoms with Crippen LogP contribution < -0.4 is 10.6 Å². The maximum absolute atomic E-state index is 11.8. The highest BCUT2D eigenvalue weighted by molar-refractivity contribution is 7.00. The van der Waals surface area contributed by atoms with Gasteiger partial charge in [-0.1, -0.05) is 0 Å². The van der Waals surface area contributed by atoms with Crippen molar-refractivity contribution in [3.8, 4) is 0 Å². The van der Waals surface area contributed by atoms with Crippen molar-refractivity contribution in [1.29, 1.82) is 0 Å². The van der Waals surface area contributed by atoms with Gasteiger partial charge in [0, 0.05) is 12.2 Å². The highest BCUT2D eigenvalue weighted by atomic mass is 32.1. The van der Waals surface area contributed by atoms with Crippen molar-refractivity contribution in [3.05, 3.63) is 17.8 Å². The molecule has 2 amide bonds. The maximum Gasteiger partial charge on any atom is 0.253 e. The van der Waals surface area contributed by atoms with Gasteiger partial charge in [0.2, 0.25) is 5.91 Å². The van der Waals surface area contributed by atoms with Gasteiger partial charge in [0.1, 0.15) is 5.52 Å². The normalized spacial score (nSPS) is 10.7. The van der Waals surface area contributed by atoms with Crippen molar-refractivity contribution in [3.63, 3.8) is 0 Å². The van der Waals surface area contributed by atoms with Gasteiger partial charge in [-0.05, 0) is 19.9 Å². The van der Waals surface area contributed by atoms with E-state index in [0.29, 0.717) is 16.7 Å². The lowest BCUT2D eigenvalue weighted by Gasteiger charge is -2.09. The van der Waals surface area contributed by atoms with E-state index < -0.39 is 0 Å². The molecule has 8 heteroatoms. The summed E-state index contributed by atoms with van der Waals surface area (Å²) in [6.07, 6.45) is 1.42. The second-order valence-electron chi connectivity index (χ2n) is 4.24. The van der Waals surface area contributed by atoms with Crippen LogP contribution in [0.15, 0.2) is 12.3 Å². The Kier molecular flexibility index (Phi) is 4.00. The second-order valence-corrected chi connectivity index (χ2v) is 4.76. The van der Waals surface area contributed by atoms with Crippen LogP contribution in [0.1, 0.15) is 24.2 Å². The van der Waals surface area contributed by atoms with Gasteiger partial charge < -0.3 is 10.6 Å². The number of pyridine rings is 1. The van der Waals surface area contributed by atoms with Crippen LogP contribution in [-0.4, -0.2) is 38.1 Å². The van der Waals surface area contributed by atoms with E-state index in [1.54, 1.807) is 6.07 Å². The summed E-state index contributed by atoms with van der Waals surface area (Å²) in [7, 11) is 0. The molecule has 0 spiro atoms. The molecular formula is C11H13N5O2S. The molecule has 0 saturated heterocycles. The summed E-state index contributed by atoms with van der Waals surface area (Å²) in [5.74, 6) is -0.589. The van der Waals surface area contributed by atoms with Gasteiger partial charge in [0.25, 0.3) is 5.91 Å². The van der Waals surface area contributed by atoms with E-state index in [9.17, 15) is 9.59 Å². The summed E-state index contributed by atoms with van der Waals surface area (Å²) < 4.78 is 7.95. The number of amides is 2. The Hall–Kier alpha value is -2.09. The van der Waals surface area contributed by atoms with Gasteiger partial charge in [-0.3, -0.25) is 9.59 Å². The highest BCUT2D eigenvalue weighted by Crippen LogP contribution is 2.10. The largest absolute Gasteiger partial charge is 0.352 e. The number of nitrogens with one attached hydrogen (secondary N) is 2. The minimum Gasteiger partial charge on any atom is -0.352 e. The summed E-state index contributed by atoms with van der Waals surface area (Å²) >= 11 is 1.04. The molecule has 2 rings (SSSR count). The zero-order valence-electron chi connectivity index (χ0n) is 10.5. The van der Waals surface area contributed by atoms with E-state index in [2.05, 4.69) is 24.4 Å². The molecule has 0 aliphatic rings. The zero-order chi connectivity index (χ0) is 13.8. The molecule has 2 aromatic heterocycles. The van der Waals surface area contributed by atoms with Crippen LogP contribution in [0.5, 0.6) is 0 Å². The summed E-state index contributed by atoms with van der Waals surface area (Å²) in [6.45, 7) is 3.64. The minimum atomic E-state index is -0.360. The predicted octanol–water partition coefficient (Wildman–Crippen LogP) is 0.341. The SMILES string of the molecule is CC(C)NC(=O)CNC(=O)c1cnc2nsnc2c1. The van der Waals surface area contributed by atoms with Crippen molar-refractivity contribution in [1.82, 2.24) is 24.4 Å². The molecule has 0 saturated carbocycles. The maximum atomic E-state index is 11.8. The zero-order valence-corrected chi connectivity index (χ0v) is 11.3. The number of fused-ring (bicyclic) bond motifs is 1. The number of carbonyl (C=O) groups is 2. The molecule has 100 valence electrons. The Balaban J connectivity index is 1.97. The van der Waals surface area contributed by atoms with Gasteiger partial charge in [-0.15, -0.1) is 0 Å². The fraction of sp³-hybridized carbons (Fsp3) is 0.364. The number of aromatic nitrogens is 3. The van der Waals surface area contributed by atoms with Crippen LogP contribution in [0, 0.1) is 0 Å². The molecule has 2 aromatic rings. The second kappa shape index (κ2) is 5.70. The van der Waals surface area contributed by atoms with Gasteiger partial charge in [0.05, 0.1) is 23.8 Å². The molecule has 0 unspecified atom stereocenters. The van der Waals surface area contributed by atoms with Gasteiger partial charge in [-0.2, -0.15) is 8.75 Å². The summed E-state index contributed by atoms with van der Waals surface area (Å²) in [5.41, 5.74) is 1.45. The molecular weight excluding hydrogens is 266 g/mol. The van der Waals surface area contributed by atoms with Crippen LogP contribution >= 0.6 is 11.7 Å². The predicted molar refractivity (Wildman–Crippen MR) is 70.8 cm³/mol. The van der Waals surface area contributed by atoms with Gasteiger partial charge >= 0.3 is 0 Å². The van der Waals surface area contributed by atoms with E-state index in [1.165, 1.54) is 6.20 Å². The highest BCUT2D eigenvalue weighted by Gasteiger charge is 2.11. The van der Waals surface area contributed by atoms with Crippen LogP contribution in [-0.2, 0) is 4.79 Å². The van der Waals surface area contributed by atoms with Crippen molar-refractivity contribution in [2.24, 2.45) is 0 Å². The average molecular weight is 279 g/mol. The Morgan fingerprint density at radius 1 is 1.37 bits per heavy atom. The van der Waals surface area contributed by atoms with Crippen LogP contribution in [0.25, 0.3) is 11.2 Å². The van der Waals surface area contributed by atoms with Crippen molar-refractivity contribution in [2.45, 2.75) is 19.9 Å². The standard InChI is InChI=1S/C11H13N5O2S/c1-6(2)14-9(17)5-13-11(18)7-3-8-10(12-4-7)16-19-15-8/h3-4,6H,5H2,1-2H3,(H,13,18)(H,14,17). The number of hydrogen-bond donors (Lipinski definition) is 2. The number of nitrogens with zero attached hydrogens (tertiary/aromatic N) is 3. The molecule has 7 nitrogen and oxygen atoms in total. The van der Waals surface area contributed by atoms with E-state index >= 15 is 0 Å². The molecule has 0 aromatic carbocycles. The summed E-state index contributed by atoms with van der Waals surface area (Å²) in [4.78, 5) is 27.2. The first-order valence-electron chi connectivity index (χ1n) is 5.72. The van der Waals surface area contributed by atoms with Crippen molar-refractivity contribution < 1.29 is 9.59 Å². The number of hydrogen-bond acceptors (Lipinski definition) is 6. The minimum absolute atomic E-state index is 0.0449. The molecule has 0 bridgehead atoms. The Bertz CT molecular complexity index is 610. The molecule has 0 radical (unpaired) electrons.